The average Bonchev–Trinajstić information content (AvgIpc) is 2.72. The van der Waals surface area contributed by atoms with Gasteiger partial charge >= 0.3 is 0 Å². The predicted molar refractivity (Wildman–Crippen MR) is 90.1 cm³/mol. The molecule has 0 bridgehead atoms. The van der Waals surface area contributed by atoms with Crippen molar-refractivity contribution < 1.29 is 4.55 Å². The lowest BCUT2D eigenvalue weighted by Gasteiger charge is -2.34. The third kappa shape index (κ3) is 2.78. The quantitative estimate of drug-likeness (QED) is 0.706. The number of fused-ring (bicyclic) bond motifs is 1. The number of nitrogens with zero attached hydrogens (tertiary/aromatic N) is 1. The second kappa shape index (κ2) is 5.44. The summed E-state index contributed by atoms with van der Waals surface area (Å²) in [5.74, 6) is 0. The molecule has 2 aliphatic carbocycles. The molecule has 0 aliphatic heterocycles. The molecule has 1 fully saturated rings. The van der Waals surface area contributed by atoms with E-state index in [0.717, 1.165) is 12.1 Å². The first kappa shape index (κ1) is 15.1. The number of rotatable bonds is 1. The van der Waals surface area contributed by atoms with Gasteiger partial charge in [-0.05, 0) is 45.6 Å². The summed E-state index contributed by atoms with van der Waals surface area (Å²) in [5, 5.41) is 0. The molecule has 1 aromatic carbocycles. The highest BCUT2D eigenvalue weighted by molar-refractivity contribution is 7.91. The van der Waals surface area contributed by atoms with Crippen molar-refractivity contribution in [1.29, 1.82) is 0 Å². The highest BCUT2D eigenvalue weighted by atomic mass is 32.2. The minimum absolute atomic E-state index is 0.156. The van der Waals surface area contributed by atoms with Crippen LogP contribution >= 0.6 is 0 Å². The van der Waals surface area contributed by atoms with Gasteiger partial charge in [-0.2, -0.15) is 0 Å². The van der Waals surface area contributed by atoms with E-state index in [9.17, 15) is 4.55 Å². The summed E-state index contributed by atoms with van der Waals surface area (Å²) in [6, 6.07) is 8.57. The zero-order valence-corrected chi connectivity index (χ0v) is 14.1. The lowest BCUT2D eigenvalue weighted by molar-refractivity contribution is 0.291. The highest BCUT2D eigenvalue weighted by Gasteiger charge is 2.46. The molecule has 21 heavy (non-hydrogen) atoms. The standard InChI is InChI=1S/C18H25NOS/c1-17(2,3)21(20)19-16-15-10-6-5-9-14(15)13-18(16)11-7-4-8-12-18/h5-6,9-10H,4,7-8,11-13H2,1-3H3/b19-16+/t21-/m1/s1. The largest absolute Gasteiger partial charge is 0.591 e. The highest BCUT2D eigenvalue weighted by Crippen LogP contribution is 2.48. The molecule has 0 saturated heterocycles. The van der Waals surface area contributed by atoms with Gasteiger partial charge in [0.2, 0.25) is 0 Å². The summed E-state index contributed by atoms with van der Waals surface area (Å²) < 4.78 is 17.0. The van der Waals surface area contributed by atoms with Gasteiger partial charge in [-0.1, -0.05) is 47.9 Å². The normalized spacial score (nSPS) is 24.3. The van der Waals surface area contributed by atoms with E-state index in [1.807, 2.05) is 20.8 Å². The van der Waals surface area contributed by atoms with Gasteiger partial charge in [0.1, 0.15) is 21.8 Å². The smallest absolute Gasteiger partial charge is 0.144 e. The molecule has 0 radical (unpaired) electrons. The molecule has 0 heterocycles. The fourth-order valence-electron chi connectivity index (χ4n) is 3.65. The first-order valence-electron chi connectivity index (χ1n) is 8.02. The Morgan fingerprint density at radius 1 is 1.10 bits per heavy atom. The summed E-state index contributed by atoms with van der Waals surface area (Å²) in [6.07, 6.45) is 7.35. The first-order chi connectivity index (χ1) is 9.92. The Labute approximate surface area is 131 Å². The van der Waals surface area contributed by atoms with Gasteiger partial charge in [-0.25, -0.2) is 0 Å². The lowest BCUT2D eigenvalue weighted by Crippen LogP contribution is -2.34. The summed E-state index contributed by atoms with van der Waals surface area (Å²) in [7, 11) is 0. The lowest BCUT2D eigenvalue weighted by atomic mass is 9.71. The monoisotopic (exact) mass is 303 g/mol. The number of hydrogen-bond donors (Lipinski definition) is 0. The molecule has 114 valence electrons. The van der Waals surface area contributed by atoms with Crippen LogP contribution in [0.4, 0.5) is 0 Å². The van der Waals surface area contributed by atoms with Crippen molar-refractivity contribution in [2.75, 3.05) is 0 Å². The molecule has 0 aromatic heterocycles. The molecule has 1 aromatic rings. The van der Waals surface area contributed by atoms with Crippen LogP contribution in [0.5, 0.6) is 0 Å². The molecule has 0 N–H and O–H groups in total. The SMILES string of the molecule is CC(C)(C)[S@@+]([O-])/N=C1\c2ccccc2CC12CCCCC2. The number of hydrogen-bond acceptors (Lipinski definition) is 2. The van der Waals surface area contributed by atoms with E-state index in [1.54, 1.807) is 0 Å². The Bertz CT molecular complexity index is 553. The van der Waals surface area contributed by atoms with Crippen molar-refractivity contribution in [1.82, 2.24) is 0 Å². The van der Waals surface area contributed by atoms with Crippen LogP contribution < -0.4 is 0 Å². The summed E-state index contributed by atoms with van der Waals surface area (Å²) >= 11 is -1.17. The molecule has 0 amide bonds. The van der Waals surface area contributed by atoms with Crippen molar-refractivity contribution in [2.45, 2.75) is 64.0 Å². The zero-order valence-electron chi connectivity index (χ0n) is 13.3. The van der Waals surface area contributed by atoms with Crippen LogP contribution in [0.2, 0.25) is 0 Å². The number of benzene rings is 1. The van der Waals surface area contributed by atoms with Gasteiger partial charge in [0, 0.05) is 11.0 Å². The Balaban J connectivity index is 2.05. The first-order valence-corrected chi connectivity index (χ1v) is 9.13. The minimum Gasteiger partial charge on any atom is -0.591 e. The van der Waals surface area contributed by atoms with Crippen LogP contribution in [0, 0.1) is 5.41 Å². The van der Waals surface area contributed by atoms with Gasteiger partial charge in [-0.3, -0.25) is 0 Å². The van der Waals surface area contributed by atoms with Gasteiger partial charge in [-0.15, -0.1) is 0 Å². The third-order valence-electron chi connectivity index (χ3n) is 4.81. The maximum atomic E-state index is 12.6. The summed E-state index contributed by atoms with van der Waals surface area (Å²) in [5.41, 5.74) is 3.93. The molecule has 2 nitrogen and oxygen atoms in total. The Kier molecular flexibility index (Phi) is 3.91. The van der Waals surface area contributed by atoms with Crippen molar-refractivity contribution in [2.24, 2.45) is 9.81 Å². The van der Waals surface area contributed by atoms with Crippen LogP contribution in [-0.4, -0.2) is 15.0 Å². The topological polar surface area (TPSA) is 35.4 Å². The maximum absolute atomic E-state index is 12.6. The Hall–Kier alpha value is -0.800. The van der Waals surface area contributed by atoms with E-state index >= 15 is 0 Å². The molecule has 3 rings (SSSR count). The fraction of sp³-hybridized carbons (Fsp3) is 0.611. The van der Waals surface area contributed by atoms with Gasteiger partial charge in [0.15, 0.2) is 0 Å². The van der Waals surface area contributed by atoms with Gasteiger partial charge < -0.3 is 4.55 Å². The molecule has 1 saturated carbocycles. The zero-order chi connectivity index (χ0) is 15.1. The van der Waals surface area contributed by atoms with E-state index in [1.165, 1.54) is 43.2 Å². The molecular weight excluding hydrogens is 278 g/mol. The fourth-order valence-corrected chi connectivity index (χ4v) is 4.38. The summed E-state index contributed by atoms with van der Waals surface area (Å²) in [6.45, 7) is 6.00. The van der Waals surface area contributed by atoms with Crippen molar-refractivity contribution in [3.8, 4) is 0 Å². The van der Waals surface area contributed by atoms with Crippen LogP contribution in [-0.2, 0) is 17.8 Å². The van der Waals surface area contributed by atoms with Crippen molar-refractivity contribution >= 4 is 17.1 Å². The molecular formula is C18H25NOS. The van der Waals surface area contributed by atoms with Crippen LogP contribution in [0.1, 0.15) is 64.0 Å². The van der Waals surface area contributed by atoms with Crippen molar-refractivity contribution in [3.05, 3.63) is 35.4 Å². The van der Waals surface area contributed by atoms with E-state index < -0.39 is 11.4 Å². The predicted octanol–water partition coefficient (Wildman–Crippen LogP) is 4.44. The van der Waals surface area contributed by atoms with Gasteiger partial charge in [0.05, 0.1) is 0 Å². The maximum Gasteiger partial charge on any atom is 0.144 e. The minimum atomic E-state index is -1.17. The van der Waals surface area contributed by atoms with Crippen LogP contribution in [0.15, 0.2) is 28.7 Å². The molecule has 0 unspecified atom stereocenters. The molecule has 1 spiro atoms. The summed E-state index contributed by atoms with van der Waals surface area (Å²) in [4.78, 5) is 0. The van der Waals surface area contributed by atoms with Crippen LogP contribution in [0.3, 0.4) is 0 Å². The van der Waals surface area contributed by atoms with E-state index in [0.29, 0.717) is 0 Å². The van der Waals surface area contributed by atoms with Gasteiger partial charge in [0.25, 0.3) is 0 Å². The Morgan fingerprint density at radius 2 is 1.76 bits per heavy atom. The van der Waals surface area contributed by atoms with Crippen LogP contribution in [0.25, 0.3) is 0 Å². The van der Waals surface area contributed by atoms with E-state index in [2.05, 4.69) is 24.3 Å². The van der Waals surface area contributed by atoms with E-state index in [-0.39, 0.29) is 10.2 Å². The molecule has 1 atom stereocenters. The Morgan fingerprint density at radius 3 is 2.43 bits per heavy atom. The average molecular weight is 303 g/mol. The van der Waals surface area contributed by atoms with E-state index in [4.69, 9.17) is 4.40 Å². The second-order valence-electron chi connectivity index (χ2n) is 7.48. The second-order valence-corrected chi connectivity index (χ2v) is 9.38. The molecule has 3 heteroatoms. The third-order valence-corrected chi connectivity index (χ3v) is 6.21. The molecule has 2 aliphatic rings. The van der Waals surface area contributed by atoms with Crippen molar-refractivity contribution in [3.63, 3.8) is 0 Å².